The first-order valence-corrected chi connectivity index (χ1v) is 8.52. The molecule has 1 amide bonds. The number of allylic oxidation sites excluding steroid dienone is 2. The molecule has 5 heteroatoms. The van der Waals surface area contributed by atoms with Gasteiger partial charge in [-0.25, -0.2) is 4.68 Å². The molecule has 24 heavy (non-hydrogen) atoms. The largest absolute Gasteiger partial charge is 0.340 e. The van der Waals surface area contributed by atoms with E-state index in [0.29, 0.717) is 17.2 Å². The lowest BCUT2D eigenvalue weighted by molar-refractivity contribution is -0.131. The number of fused-ring (bicyclic) bond motifs is 2. The van der Waals surface area contributed by atoms with Crippen molar-refractivity contribution in [3.05, 3.63) is 52.5 Å². The Kier molecular flexibility index (Phi) is 3.71. The number of carbonyl (C=O) groups is 1. The Bertz CT molecular complexity index is 868. The van der Waals surface area contributed by atoms with Gasteiger partial charge in [0.15, 0.2) is 0 Å². The van der Waals surface area contributed by atoms with E-state index in [-0.39, 0.29) is 18.0 Å². The molecule has 0 radical (unpaired) electrons. The van der Waals surface area contributed by atoms with Crippen LogP contribution in [0.4, 0.5) is 0 Å². The third kappa shape index (κ3) is 2.54. The molecule has 0 bridgehead atoms. The SMILES string of the molecule is Cc1nn(CC(=O)N2CC3CC=CCC3C2)c(=O)c2ccccc12. The molecule has 2 aromatic rings. The van der Waals surface area contributed by atoms with E-state index in [1.54, 1.807) is 6.07 Å². The van der Waals surface area contributed by atoms with Crippen LogP contribution in [-0.4, -0.2) is 33.7 Å². The van der Waals surface area contributed by atoms with E-state index < -0.39 is 0 Å². The topological polar surface area (TPSA) is 55.2 Å². The number of aromatic nitrogens is 2. The first-order chi connectivity index (χ1) is 11.6. The number of benzene rings is 1. The molecule has 1 aromatic carbocycles. The van der Waals surface area contributed by atoms with E-state index in [2.05, 4.69) is 17.3 Å². The molecule has 124 valence electrons. The first-order valence-electron chi connectivity index (χ1n) is 8.52. The van der Waals surface area contributed by atoms with Gasteiger partial charge in [0.25, 0.3) is 5.56 Å². The minimum absolute atomic E-state index is 0.00585. The molecule has 0 saturated carbocycles. The third-order valence-corrected chi connectivity index (χ3v) is 5.31. The smallest absolute Gasteiger partial charge is 0.275 e. The lowest BCUT2D eigenvalue weighted by Crippen LogP contribution is -2.36. The monoisotopic (exact) mass is 323 g/mol. The molecular formula is C19H21N3O2. The predicted octanol–water partition coefficient (Wildman–Crippen LogP) is 2.13. The van der Waals surface area contributed by atoms with E-state index in [4.69, 9.17) is 0 Å². The normalized spacial score (nSPS) is 22.8. The molecule has 2 aliphatic rings. The van der Waals surface area contributed by atoms with E-state index in [9.17, 15) is 9.59 Å². The zero-order chi connectivity index (χ0) is 16.7. The summed E-state index contributed by atoms with van der Waals surface area (Å²) in [4.78, 5) is 27.2. The Morgan fingerprint density at radius 2 is 1.75 bits per heavy atom. The zero-order valence-corrected chi connectivity index (χ0v) is 13.8. The van der Waals surface area contributed by atoms with Crippen LogP contribution < -0.4 is 5.56 Å². The molecule has 2 unspecified atom stereocenters. The number of hydrogen-bond donors (Lipinski definition) is 0. The van der Waals surface area contributed by atoms with E-state index in [1.165, 1.54) is 4.68 Å². The second kappa shape index (κ2) is 5.89. The predicted molar refractivity (Wildman–Crippen MR) is 92.7 cm³/mol. The van der Waals surface area contributed by atoms with Crippen molar-refractivity contribution in [1.82, 2.24) is 14.7 Å². The highest BCUT2D eigenvalue weighted by Gasteiger charge is 2.35. The van der Waals surface area contributed by atoms with Crippen LogP contribution >= 0.6 is 0 Å². The van der Waals surface area contributed by atoms with Gasteiger partial charge in [-0.15, -0.1) is 0 Å². The highest BCUT2D eigenvalue weighted by Crippen LogP contribution is 2.32. The number of amides is 1. The number of carbonyl (C=O) groups excluding carboxylic acids is 1. The van der Waals surface area contributed by atoms with Crippen LogP contribution in [-0.2, 0) is 11.3 Å². The Morgan fingerprint density at radius 1 is 1.12 bits per heavy atom. The number of nitrogens with zero attached hydrogens (tertiary/aromatic N) is 3. The number of hydrogen-bond acceptors (Lipinski definition) is 3. The maximum atomic E-state index is 12.7. The summed E-state index contributed by atoms with van der Waals surface area (Å²) in [7, 11) is 0. The number of rotatable bonds is 2. The van der Waals surface area contributed by atoms with Crippen LogP contribution in [0.1, 0.15) is 18.5 Å². The summed E-state index contributed by atoms with van der Waals surface area (Å²) in [5.74, 6) is 1.14. The van der Waals surface area contributed by atoms with Crippen LogP contribution in [0.2, 0.25) is 0 Å². The van der Waals surface area contributed by atoms with E-state index in [1.807, 2.05) is 30.0 Å². The van der Waals surface area contributed by atoms with Gasteiger partial charge in [-0.2, -0.15) is 5.10 Å². The van der Waals surface area contributed by atoms with Gasteiger partial charge in [0, 0.05) is 18.5 Å². The average Bonchev–Trinajstić information content (AvgIpc) is 3.04. The summed E-state index contributed by atoms with van der Waals surface area (Å²) < 4.78 is 1.32. The Morgan fingerprint density at radius 3 is 2.42 bits per heavy atom. The molecule has 1 fully saturated rings. The van der Waals surface area contributed by atoms with Crippen molar-refractivity contribution in [3.8, 4) is 0 Å². The molecule has 0 N–H and O–H groups in total. The molecule has 5 nitrogen and oxygen atoms in total. The molecule has 1 aliphatic carbocycles. The summed E-state index contributed by atoms with van der Waals surface area (Å²) >= 11 is 0. The van der Waals surface area contributed by atoms with Crippen LogP contribution in [0.3, 0.4) is 0 Å². The molecule has 2 atom stereocenters. The van der Waals surface area contributed by atoms with Crippen molar-refractivity contribution in [2.75, 3.05) is 13.1 Å². The second-order valence-corrected chi connectivity index (χ2v) is 6.86. The molecule has 4 rings (SSSR count). The van der Waals surface area contributed by atoms with Crippen molar-refractivity contribution >= 4 is 16.7 Å². The summed E-state index contributed by atoms with van der Waals surface area (Å²) in [6.07, 6.45) is 6.55. The van der Waals surface area contributed by atoms with E-state index >= 15 is 0 Å². The van der Waals surface area contributed by atoms with Crippen LogP contribution in [0, 0.1) is 18.8 Å². The third-order valence-electron chi connectivity index (χ3n) is 5.31. The second-order valence-electron chi connectivity index (χ2n) is 6.86. The van der Waals surface area contributed by atoms with E-state index in [0.717, 1.165) is 37.0 Å². The molecule has 0 spiro atoms. The minimum Gasteiger partial charge on any atom is -0.340 e. The average molecular weight is 323 g/mol. The number of likely N-dealkylation sites (tertiary alicyclic amines) is 1. The van der Waals surface area contributed by atoms with Gasteiger partial charge in [-0.1, -0.05) is 30.4 Å². The van der Waals surface area contributed by atoms with Gasteiger partial charge in [-0.05, 0) is 37.7 Å². The lowest BCUT2D eigenvalue weighted by Gasteiger charge is -2.17. The standard InChI is InChI=1S/C19H21N3O2/c1-13-16-8-4-5-9-17(16)19(24)22(20-13)12-18(23)21-10-14-6-2-3-7-15(14)11-21/h2-5,8-9,14-15H,6-7,10-12H2,1H3. The fraction of sp³-hybridized carbons (Fsp3) is 0.421. The van der Waals surface area contributed by atoms with Crippen molar-refractivity contribution in [3.63, 3.8) is 0 Å². The van der Waals surface area contributed by atoms with Crippen LogP contribution in [0.25, 0.3) is 10.8 Å². The Labute approximate surface area is 140 Å². The maximum Gasteiger partial charge on any atom is 0.275 e. The molecule has 1 saturated heterocycles. The lowest BCUT2D eigenvalue weighted by atomic mass is 9.86. The highest BCUT2D eigenvalue weighted by atomic mass is 16.2. The maximum absolute atomic E-state index is 12.7. The van der Waals surface area contributed by atoms with Crippen molar-refractivity contribution < 1.29 is 4.79 Å². The number of aryl methyl sites for hydroxylation is 1. The van der Waals surface area contributed by atoms with Crippen LogP contribution in [0.5, 0.6) is 0 Å². The van der Waals surface area contributed by atoms with Gasteiger partial charge < -0.3 is 4.90 Å². The van der Waals surface area contributed by atoms with Gasteiger partial charge in [-0.3, -0.25) is 9.59 Å². The van der Waals surface area contributed by atoms with Gasteiger partial charge in [0.1, 0.15) is 6.54 Å². The van der Waals surface area contributed by atoms with Gasteiger partial charge in [0.2, 0.25) is 5.91 Å². The zero-order valence-electron chi connectivity index (χ0n) is 13.8. The quantitative estimate of drug-likeness (QED) is 0.796. The minimum atomic E-state index is -0.192. The fourth-order valence-corrected chi connectivity index (χ4v) is 3.96. The summed E-state index contributed by atoms with van der Waals surface area (Å²) in [6, 6.07) is 7.42. The Hall–Kier alpha value is -2.43. The van der Waals surface area contributed by atoms with Crippen molar-refractivity contribution in [2.45, 2.75) is 26.3 Å². The summed E-state index contributed by atoms with van der Waals surface area (Å²) in [5, 5.41) is 5.82. The van der Waals surface area contributed by atoms with Crippen LogP contribution in [0.15, 0.2) is 41.2 Å². The summed E-state index contributed by atoms with van der Waals surface area (Å²) in [5.41, 5.74) is 0.583. The fourth-order valence-electron chi connectivity index (χ4n) is 3.96. The molecule has 1 aromatic heterocycles. The summed E-state index contributed by atoms with van der Waals surface area (Å²) in [6.45, 7) is 3.50. The van der Waals surface area contributed by atoms with Gasteiger partial charge in [0.05, 0.1) is 11.1 Å². The van der Waals surface area contributed by atoms with Gasteiger partial charge >= 0.3 is 0 Å². The Balaban J connectivity index is 1.57. The molecule has 2 heterocycles. The van der Waals surface area contributed by atoms with Crippen molar-refractivity contribution in [1.29, 1.82) is 0 Å². The highest BCUT2D eigenvalue weighted by molar-refractivity contribution is 5.83. The first kappa shape index (κ1) is 15.1. The molecular weight excluding hydrogens is 302 g/mol. The molecule has 1 aliphatic heterocycles. The van der Waals surface area contributed by atoms with Crippen molar-refractivity contribution in [2.24, 2.45) is 11.8 Å².